The molecular weight excluding hydrogens is 488 g/mol. The molecule has 0 atom stereocenters. The summed E-state index contributed by atoms with van der Waals surface area (Å²) >= 11 is 1.42. The SMILES string of the molecule is C=CCn1c(SCc2ccc(C(=O)O)o2)nnc1-c1cc(-c2ccc(OCC)cc2)nc2ccccc12. The van der Waals surface area contributed by atoms with Gasteiger partial charge in [0.05, 0.1) is 23.6 Å². The summed E-state index contributed by atoms with van der Waals surface area (Å²) in [5.41, 5.74) is 3.53. The molecule has 0 saturated heterocycles. The highest BCUT2D eigenvalue weighted by Crippen LogP contribution is 2.34. The van der Waals surface area contributed by atoms with Crippen molar-refractivity contribution in [1.29, 1.82) is 0 Å². The van der Waals surface area contributed by atoms with Gasteiger partial charge in [0.15, 0.2) is 11.0 Å². The van der Waals surface area contributed by atoms with Crippen LogP contribution in [0.15, 0.2) is 89.0 Å². The van der Waals surface area contributed by atoms with Crippen LogP contribution in [0.3, 0.4) is 0 Å². The molecule has 186 valence electrons. The van der Waals surface area contributed by atoms with Gasteiger partial charge in [-0.05, 0) is 55.5 Å². The molecule has 0 radical (unpaired) electrons. The number of pyridine rings is 1. The summed E-state index contributed by atoms with van der Waals surface area (Å²) in [6, 6.07) is 21.0. The van der Waals surface area contributed by atoms with E-state index in [4.69, 9.17) is 19.2 Å². The lowest BCUT2D eigenvalue weighted by Gasteiger charge is -2.12. The Kier molecular flexibility index (Phi) is 7.04. The smallest absolute Gasteiger partial charge is 0.371 e. The average molecular weight is 513 g/mol. The Bertz CT molecular complexity index is 1570. The molecule has 0 bridgehead atoms. The fourth-order valence-electron chi connectivity index (χ4n) is 3.99. The van der Waals surface area contributed by atoms with Gasteiger partial charge in [-0.3, -0.25) is 4.57 Å². The van der Waals surface area contributed by atoms with Crippen LogP contribution >= 0.6 is 11.8 Å². The first-order valence-electron chi connectivity index (χ1n) is 11.7. The number of ether oxygens (including phenoxy) is 1. The molecule has 5 aromatic rings. The van der Waals surface area contributed by atoms with Crippen molar-refractivity contribution in [3.8, 4) is 28.4 Å². The second-order valence-corrected chi connectivity index (χ2v) is 9.04. The molecule has 3 aromatic heterocycles. The van der Waals surface area contributed by atoms with Crippen LogP contribution in [0.25, 0.3) is 33.5 Å². The summed E-state index contributed by atoms with van der Waals surface area (Å²) in [6.07, 6.45) is 1.79. The van der Waals surface area contributed by atoms with Gasteiger partial charge < -0.3 is 14.3 Å². The molecule has 3 heterocycles. The van der Waals surface area contributed by atoms with Crippen molar-refractivity contribution < 1.29 is 19.1 Å². The number of fused-ring (bicyclic) bond motifs is 1. The number of rotatable bonds is 10. The standard InChI is InChI=1S/C28H24N4O4S/c1-3-15-32-26(30-31-28(32)37-17-20-13-14-25(36-20)27(33)34)22-16-24(29-23-8-6-5-7-21(22)23)18-9-11-19(12-10-18)35-4-2/h3,5-14,16H,1,4,15,17H2,2H3,(H,33,34). The van der Waals surface area contributed by atoms with Crippen LogP contribution in [0.2, 0.25) is 0 Å². The maximum Gasteiger partial charge on any atom is 0.371 e. The number of furan rings is 1. The van der Waals surface area contributed by atoms with E-state index in [2.05, 4.69) is 16.8 Å². The van der Waals surface area contributed by atoms with Crippen LogP contribution in [0.1, 0.15) is 23.2 Å². The highest BCUT2D eigenvalue weighted by Gasteiger charge is 2.19. The number of carboxylic acids is 1. The van der Waals surface area contributed by atoms with Gasteiger partial charge in [-0.2, -0.15) is 0 Å². The van der Waals surface area contributed by atoms with Crippen molar-refractivity contribution >= 4 is 28.6 Å². The van der Waals surface area contributed by atoms with Crippen LogP contribution in [0, 0.1) is 0 Å². The molecule has 2 aromatic carbocycles. The van der Waals surface area contributed by atoms with E-state index in [-0.39, 0.29) is 5.76 Å². The molecule has 9 heteroatoms. The Labute approximate surface area is 217 Å². The second-order valence-electron chi connectivity index (χ2n) is 8.09. The third-order valence-corrected chi connectivity index (χ3v) is 6.65. The number of benzene rings is 2. The van der Waals surface area contributed by atoms with Crippen molar-refractivity contribution in [2.45, 2.75) is 24.4 Å². The Morgan fingerprint density at radius 3 is 2.68 bits per heavy atom. The number of allylic oxidation sites excluding steroid dienone is 1. The predicted octanol–water partition coefficient (Wildman–Crippen LogP) is 6.33. The summed E-state index contributed by atoms with van der Waals surface area (Å²) in [5, 5.41) is 19.7. The van der Waals surface area contributed by atoms with Crippen LogP contribution in [0.4, 0.5) is 0 Å². The van der Waals surface area contributed by atoms with E-state index in [0.29, 0.717) is 35.6 Å². The van der Waals surface area contributed by atoms with E-state index >= 15 is 0 Å². The van der Waals surface area contributed by atoms with Crippen LogP contribution in [-0.4, -0.2) is 37.4 Å². The number of aromatic carboxylic acids is 1. The zero-order valence-corrected chi connectivity index (χ0v) is 20.9. The third-order valence-electron chi connectivity index (χ3n) is 5.66. The van der Waals surface area contributed by atoms with Crippen molar-refractivity contribution in [2.75, 3.05) is 6.61 Å². The molecule has 0 amide bonds. The van der Waals surface area contributed by atoms with Gasteiger partial charge in [0, 0.05) is 23.1 Å². The molecule has 0 aliphatic rings. The Morgan fingerprint density at radius 2 is 1.95 bits per heavy atom. The number of hydrogen-bond donors (Lipinski definition) is 1. The Morgan fingerprint density at radius 1 is 1.14 bits per heavy atom. The number of aromatic nitrogens is 4. The molecule has 0 unspecified atom stereocenters. The quantitative estimate of drug-likeness (QED) is 0.171. The minimum Gasteiger partial charge on any atom is -0.494 e. The highest BCUT2D eigenvalue weighted by molar-refractivity contribution is 7.98. The lowest BCUT2D eigenvalue weighted by atomic mass is 10.0. The molecule has 0 aliphatic carbocycles. The number of carbonyl (C=O) groups is 1. The minimum absolute atomic E-state index is 0.0890. The Balaban J connectivity index is 1.54. The topological polar surface area (TPSA) is 103 Å². The predicted molar refractivity (Wildman–Crippen MR) is 143 cm³/mol. The number of hydrogen-bond acceptors (Lipinski definition) is 7. The lowest BCUT2D eigenvalue weighted by molar-refractivity contribution is 0.0661. The summed E-state index contributed by atoms with van der Waals surface area (Å²) in [5.74, 6) is 1.28. The maximum atomic E-state index is 11.1. The number of nitrogens with zero attached hydrogens (tertiary/aromatic N) is 4. The molecule has 0 spiro atoms. The normalized spacial score (nSPS) is 11.1. The van der Waals surface area contributed by atoms with Crippen molar-refractivity contribution in [2.24, 2.45) is 0 Å². The second kappa shape index (κ2) is 10.7. The van der Waals surface area contributed by atoms with E-state index in [0.717, 1.165) is 33.5 Å². The van der Waals surface area contributed by atoms with E-state index in [9.17, 15) is 4.79 Å². The van der Waals surface area contributed by atoms with E-state index in [1.165, 1.54) is 17.8 Å². The summed E-state index contributed by atoms with van der Waals surface area (Å²) in [4.78, 5) is 16.0. The van der Waals surface area contributed by atoms with Gasteiger partial charge in [0.25, 0.3) is 0 Å². The molecule has 0 aliphatic heterocycles. The van der Waals surface area contributed by atoms with E-state index in [1.807, 2.05) is 66.1 Å². The zero-order chi connectivity index (χ0) is 25.8. The summed E-state index contributed by atoms with van der Waals surface area (Å²) in [6.45, 7) is 6.97. The fraction of sp³-hybridized carbons (Fsp3) is 0.143. The van der Waals surface area contributed by atoms with Crippen molar-refractivity contribution in [1.82, 2.24) is 19.7 Å². The van der Waals surface area contributed by atoms with Gasteiger partial charge in [-0.25, -0.2) is 9.78 Å². The lowest BCUT2D eigenvalue weighted by Crippen LogP contribution is -2.02. The molecule has 8 nitrogen and oxygen atoms in total. The zero-order valence-electron chi connectivity index (χ0n) is 20.1. The van der Waals surface area contributed by atoms with Crippen LogP contribution in [0.5, 0.6) is 5.75 Å². The van der Waals surface area contributed by atoms with Crippen LogP contribution < -0.4 is 4.74 Å². The van der Waals surface area contributed by atoms with Gasteiger partial charge >= 0.3 is 5.97 Å². The fourth-order valence-corrected chi connectivity index (χ4v) is 4.83. The van der Waals surface area contributed by atoms with Gasteiger partial charge in [-0.15, -0.1) is 16.8 Å². The molecular formula is C28H24N4O4S. The largest absolute Gasteiger partial charge is 0.494 e. The first kappa shape index (κ1) is 24.3. The first-order chi connectivity index (χ1) is 18.1. The maximum absolute atomic E-state index is 11.1. The third kappa shape index (κ3) is 5.12. The molecule has 37 heavy (non-hydrogen) atoms. The monoisotopic (exact) mass is 512 g/mol. The first-order valence-corrected chi connectivity index (χ1v) is 12.7. The van der Waals surface area contributed by atoms with Gasteiger partial charge in [0.2, 0.25) is 5.76 Å². The van der Waals surface area contributed by atoms with E-state index in [1.54, 1.807) is 12.1 Å². The number of para-hydroxylation sites is 1. The average Bonchev–Trinajstić information content (AvgIpc) is 3.55. The summed E-state index contributed by atoms with van der Waals surface area (Å²) < 4.78 is 13.0. The Hall–Kier alpha value is -4.37. The molecule has 1 N–H and O–H groups in total. The van der Waals surface area contributed by atoms with Crippen molar-refractivity contribution in [3.63, 3.8) is 0 Å². The van der Waals surface area contributed by atoms with Gasteiger partial charge in [-0.1, -0.05) is 36.0 Å². The molecule has 0 saturated carbocycles. The molecule has 5 rings (SSSR count). The summed E-state index contributed by atoms with van der Waals surface area (Å²) in [7, 11) is 0. The molecule has 0 fully saturated rings. The minimum atomic E-state index is -1.10. The van der Waals surface area contributed by atoms with Crippen LogP contribution in [-0.2, 0) is 12.3 Å². The van der Waals surface area contributed by atoms with Gasteiger partial charge in [0.1, 0.15) is 11.5 Å². The highest BCUT2D eigenvalue weighted by atomic mass is 32.2. The van der Waals surface area contributed by atoms with Crippen molar-refractivity contribution in [3.05, 3.63) is 90.9 Å². The number of carboxylic acid groups (broad SMARTS) is 1. The van der Waals surface area contributed by atoms with E-state index < -0.39 is 5.97 Å². The number of thioether (sulfide) groups is 1.